The molecule has 0 fully saturated rings. The SMILES string of the molecule is O=C(CN1C(=O)CN(C(=O)NCc2ccccc2)c2ccccc21)NC1CCCc2ccccc21. The molecule has 3 aromatic carbocycles. The van der Waals surface area contributed by atoms with Crippen LogP contribution in [0.15, 0.2) is 78.9 Å². The molecule has 7 heteroatoms. The number of nitrogens with one attached hydrogen (secondary N) is 2. The van der Waals surface area contributed by atoms with Crippen LogP contribution < -0.4 is 20.4 Å². The van der Waals surface area contributed by atoms with Crippen molar-refractivity contribution in [3.05, 3.63) is 95.6 Å². The summed E-state index contributed by atoms with van der Waals surface area (Å²) in [6.07, 6.45) is 2.91. The van der Waals surface area contributed by atoms with E-state index in [1.54, 1.807) is 18.2 Å². The number of nitrogens with zero attached hydrogens (tertiary/aromatic N) is 2. The average Bonchev–Trinajstić information content (AvgIpc) is 2.89. The number of hydrogen-bond acceptors (Lipinski definition) is 3. The first-order chi connectivity index (χ1) is 17.1. The molecule has 0 bridgehead atoms. The normalized spacial score (nSPS) is 16.8. The van der Waals surface area contributed by atoms with Crippen LogP contribution in [0, 0.1) is 0 Å². The molecule has 3 aromatic rings. The third-order valence-corrected chi connectivity index (χ3v) is 6.60. The van der Waals surface area contributed by atoms with Crippen LogP contribution in [0.5, 0.6) is 0 Å². The summed E-state index contributed by atoms with van der Waals surface area (Å²) in [5.41, 5.74) is 4.55. The van der Waals surface area contributed by atoms with E-state index in [1.807, 2.05) is 48.5 Å². The van der Waals surface area contributed by atoms with Crippen LogP contribution in [0.4, 0.5) is 16.2 Å². The zero-order valence-corrected chi connectivity index (χ0v) is 19.4. The van der Waals surface area contributed by atoms with Gasteiger partial charge in [-0.2, -0.15) is 0 Å². The number of amides is 4. The largest absolute Gasteiger partial charge is 0.348 e. The second-order valence-corrected chi connectivity index (χ2v) is 8.91. The highest BCUT2D eigenvalue weighted by Crippen LogP contribution is 2.34. The number of para-hydroxylation sites is 2. The second kappa shape index (κ2) is 10.0. The Morgan fingerprint density at radius 3 is 2.43 bits per heavy atom. The van der Waals surface area contributed by atoms with Crippen molar-refractivity contribution in [3.8, 4) is 0 Å². The first-order valence-electron chi connectivity index (χ1n) is 12.0. The molecule has 0 aromatic heterocycles. The summed E-state index contributed by atoms with van der Waals surface area (Å²) in [6.45, 7) is 0.146. The van der Waals surface area contributed by atoms with Gasteiger partial charge in [-0.05, 0) is 48.1 Å². The van der Waals surface area contributed by atoms with Crippen LogP contribution in [0.25, 0.3) is 0 Å². The molecule has 1 unspecified atom stereocenters. The minimum atomic E-state index is -0.349. The Kier molecular flexibility index (Phi) is 6.48. The number of aryl methyl sites for hydroxylation is 1. The van der Waals surface area contributed by atoms with Crippen molar-refractivity contribution in [2.45, 2.75) is 31.8 Å². The fourth-order valence-corrected chi connectivity index (χ4v) is 4.87. The van der Waals surface area contributed by atoms with Gasteiger partial charge in [-0.3, -0.25) is 19.4 Å². The van der Waals surface area contributed by atoms with Gasteiger partial charge in [0, 0.05) is 6.54 Å². The first kappa shape index (κ1) is 22.7. The van der Waals surface area contributed by atoms with Crippen LogP contribution in [0.1, 0.15) is 35.6 Å². The standard InChI is InChI=1S/C28H28N4O3/c33-26(30-23-14-8-12-21-11-4-5-13-22(21)23)18-31-24-15-6-7-16-25(24)32(19-27(31)34)28(35)29-17-20-9-2-1-3-10-20/h1-7,9-11,13,15-16,23H,8,12,14,17-19H2,(H,29,35)(H,30,33). The lowest BCUT2D eigenvalue weighted by Gasteiger charge is -2.36. The van der Waals surface area contributed by atoms with Crippen LogP contribution >= 0.6 is 0 Å². The van der Waals surface area contributed by atoms with Crippen molar-refractivity contribution in [2.24, 2.45) is 0 Å². The van der Waals surface area contributed by atoms with Gasteiger partial charge in [0.2, 0.25) is 11.8 Å². The van der Waals surface area contributed by atoms with E-state index in [0.29, 0.717) is 17.9 Å². The van der Waals surface area contributed by atoms with E-state index < -0.39 is 0 Å². The quantitative estimate of drug-likeness (QED) is 0.595. The number of anilines is 2. The maximum atomic E-state index is 13.1. The molecule has 0 saturated heterocycles. The van der Waals surface area contributed by atoms with Gasteiger partial charge in [-0.15, -0.1) is 0 Å². The molecular weight excluding hydrogens is 440 g/mol. The monoisotopic (exact) mass is 468 g/mol. The summed E-state index contributed by atoms with van der Waals surface area (Å²) in [5.74, 6) is -0.505. The van der Waals surface area contributed by atoms with Crippen molar-refractivity contribution in [3.63, 3.8) is 0 Å². The molecule has 7 nitrogen and oxygen atoms in total. The molecule has 178 valence electrons. The van der Waals surface area contributed by atoms with Gasteiger partial charge in [-0.25, -0.2) is 4.79 Å². The number of rotatable bonds is 5. The molecule has 5 rings (SSSR count). The molecule has 1 aliphatic heterocycles. The molecule has 2 N–H and O–H groups in total. The Morgan fingerprint density at radius 2 is 1.60 bits per heavy atom. The molecule has 2 aliphatic rings. The maximum Gasteiger partial charge on any atom is 0.322 e. The fourth-order valence-electron chi connectivity index (χ4n) is 4.87. The second-order valence-electron chi connectivity index (χ2n) is 8.91. The number of fused-ring (bicyclic) bond motifs is 2. The van der Waals surface area contributed by atoms with Crippen molar-refractivity contribution >= 4 is 29.2 Å². The molecule has 1 heterocycles. The predicted octanol–water partition coefficient (Wildman–Crippen LogP) is 3.94. The summed E-state index contributed by atoms with van der Waals surface area (Å²) in [4.78, 5) is 42.0. The lowest BCUT2D eigenvalue weighted by molar-refractivity contribution is -0.124. The highest BCUT2D eigenvalue weighted by Gasteiger charge is 2.34. The smallest absolute Gasteiger partial charge is 0.322 e. The number of benzene rings is 3. The van der Waals surface area contributed by atoms with E-state index in [1.165, 1.54) is 15.4 Å². The topological polar surface area (TPSA) is 81.8 Å². The lowest BCUT2D eigenvalue weighted by atomic mass is 9.88. The molecule has 35 heavy (non-hydrogen) atoms. The predicted molar refractivity (Wildman–Crippen MR) is 135 cm³/mol. The van der Waals surface area contributed by atoms with Crippen molar-refractivity contribution < 1.29 is 14.4 Å². The van der Waals surface area contributed by atoms with E-state index >= 15 is 0 Å². The molecule has 1 atom stereocenters. The molecule has 4 amide bonds. The minimum absolute atomic E-state index is 0.0529. The molecule has 0 spiro atoms. The summed E-state index contributed by atoms with van der Waals surface area (Å²) < 4.78 is 0. The van der Waals surface area contributed by atoms with Gasteiger partial charge >= 0.3 is 6.03 Å². The Bertz CT molecular complexity index is 1240. The van der Waals surface area contributed by atoms with E-state index in [2.05, 4.69) is 22.8 Å². The fraction of sp³-hybridized carbons (Fsp3) is 0.250. The van der Waals surface area contributed by atoms with Crippen molar-refractivity contribution in [2.75, 3.05) is 22.9 Å². The first-order valence-corrected chi connectivity index (χ1v) is 12.0. The number of carbonyl (C=O) groups is 3. The summed E-state index contributed by atoms with van der Waals surface area (Å²) in [6, 6.07) is 24.6. The number of carbonyl (C=O) groups excluding carboxylic acids is 3. The summed E-state index contributed by atoms with van der Waals surface area (Å²) in [5, 5.41) is 6.01. The molecule has 0 radical (unpaired) electrons. The summed E-state index contributed by atoms with van der Waals surface area (Å²) >= 11 is 0. The van der Waals surface area contributed by atoms with E-state index in [0.717, 1.165) is 30.4 Å². The van der Waals surface area contributed by atoms with E-state index in [9.17, 15) is 14.4 Å². The average molecular weight is 469 g/mol. The van der Waals surface area contributed by atoms with E-state index in [-0.39, 0.29) is 37.0 Å². The third-order valence-electron chi connectivity index (χ3n) is 6.60. The highest BCUT2D eigenvalue weighted by molar-refractivity contribution is 6.12. The van der Waals surface area contributed by atoms with Gasteiger partial charge < -0.3 is 10.6 Å². The highest BCUT2D eigenvalue weighted by atomic mass is 16.2. The van der Waals surface area contributed by atoms with Gasteiger partial charge in [-0.1, -0.05) is 66.7 Å². The van der Waals surface area contributed by atoms with Gasteiger partial charge in [0.15, 0.2) is 0 Å². The Balaban J connectivity index is 1.29. The van der Waals surface area contributed by atoms with E-state index in [4.69, 9.17) is 0 Å². The van der Waals surface area contributed by atoms with Crippen LogP contribution in [0.3, 0.4) is 0 Å². The van der Waals surface area contributed by atoms with Crippen molar-refractivity contribution in [1.82, 2.24) is 10.6 Å². The molecule has 1 aliphatic carbocycles. The van der Waals surface area contributed by atoms with Gasteiger partial charge in [0.1, 0.15) is 13.1 Å². The lowest BCUT2D eigenvalue weighted by Crippen LogP contribution is -2.53. The Labute approximate surface area is 204 Å². The zero-order valence-electron chi connectivity index (χ0n) is 19.4. The Morgan fingerprint density at radius 1 is 0.886 bits per heavy atom. The van der Waals surface area contributed by atoms with Crippen molar-refractivity contribution in [1.29, 1.82) is 0 Å². The van der Waals surface area contributed by atoms with Crippen LogP contribution in [0.2, 0.25) is 0 Å². The van der Waals surface area contributed by atoms with Crippen LogP contribution in [-0.4, -0.2) is 30.9 Å². The zero-order chi connectivity index (χ0) is 24.2. The van der Waals surface area contributed by atoms with Crippen LogP contribution in [-0.2, 0) is 22.6 Å². The molecular formula is C28H28N4O3. The number of hydrogen-bond donors (Lipinski definition) is 2. The Hall–Kier alpha value is -4.13. The number of urea groups is 1. The molecule has 0 saturated carbocycles. The summed E-state index contributed by atoms with van der Waals surface area (Å²) in [7, 11) is 0. The van der Waals surface area contributed by atoms with Gasteiger partial charge in [0.05, 0.1) is 17.4 Å². The maximum absolute atomic E-state index is 13.1. The van der Waals surface area contributed by atoms with Gasteiger partial charge in [0.25, 0.3) is 0 Å². The third kappa shape index (κ3) is 4.89. The minimum Gasteiger partial charge on any atom is -0.348 e.